The summed E-state index contributed by atoms with van der Waals surface area (Å²) in [6.07, 6.45) is 3.41. The molecule has 1 N–H and O–H groups in total. The lowest BCUT2D eigenvalue weighted by atomic mass is 10.1. The summed E-state index contributed by atoms with van der Waals surface area (Å²) in [6.45, 7) is 0.116. The van der Waals surface area contributed by atoms with Crippen LogP contribution in [0.2, 0.25) is 0 Å². The molecule has 0 spiro atoms. The molecule has 138 valence electrons. The second kappa shape index (κ2) is 13.0. The molecule has 1 amide bonds. The molecule has 1 aromatic carbocycles. The number of nitriles is 1. The standard InChI is InChI=1S/C17H19N3O6/c18-12-24-10-5-4-8-15(16(22)25-11-9-19-13-21)20-17(23)26-14-6-2-1-3-7-14/h1-3,6-7,15H,4-5,8-11H2,(H,20,23). The van der Waals surface area contributed by atoms with Crippen LogP contribution in [0.4, 0.5) is 4.79 Å². The Morgan fingerprint density at radius 2 is 1.96 bits per heavy atom. The minimum Gasteiger partial charge on any atom is -0.462 e. The van der Waals surface area contributed by atoms with Crippen molar-refractivity contribution >= 4 is 18.1 Å². The number of carbonyl (C=O) groups is 2. The van der Waals surface area contributed by atoms with E-state index in [0.29, 0.717) is 18.6 Å². The first kappa shape index (κ1) is 20.7. The molecule has 0 aliphatic rings. The van der Waals surface area contributed by atoms with Crippen molar-refractivity contribution in [2.24, 2.45) is 4.99 Å². The topological polar surface area (TPSA) is 127 Å². The molecule has 1 rings (SSSR count). The van der Waals surface area contributed by atoms with E-state index in [1.165, 1.54) is 6.08 Å². The number of amides is 1. The van der Waals surface area contributed by atoms with Gasteiger partial charge in [0.1, 0.15) is 25.0 Å². The van der Waals surface area contributed by atoms with Crippen molar-refractivity contribution in [3.05, 3.63) is 30.3 Å². The molecule has 26 heavy (non-hydrogen) atoms. The Kier molecular flexibility index (Phi) is 10.3. The first-order valence-electron chi connectivity index (χ1n) is 7.92. The summed E-state index contributed by atoms with van der Waals surface area (Å²) >= 11 is 0. The molecule has 0 fully saturated rings. The van der Waals surface area contributed by atoms with Crippen molar-refractivity contribution in [2.75, 3.05) is 19.8 Å². The Hall–Kier alpha value is -3.37. The minimum atomic E-state index is -0.937. The molecule has 0 heterocycles. The maximum Gasteiger partial charge on any atom is 0.413 e. The highest BCUT2D eigenvalue weighted by molar-refractivity contribution is 5.82. The summed E-state index contributed by atoms with van der Waals surface area (Å²) in [4.78, 5) is 37.3. The SMILES string of the molecule is N#COCCCCC(NC(=O)Oc1ccccc1)C(=O)OCCN=C=O. The third-order valence-corrected chi connectivity index (χ3v) is 3.10. The number of benzene rings is 1. The van der Waals surface area contributed by atoms with Crippen LogP contribution in [-0.2, 0) is 19.1 Å². The van der Waals surface area contributed by atoms with E-state index in [9.17, 15) is 14.4 Å². The second-order valence-corrected chi connectivity index (χ2v) is 4.98. The number of rotatable bonds is 11. The van der Waals surface area contributed by atoms with Crippen molar-refractivity contribution in [1.29, 1.82) is 5.26 Å². The highest BCUT2D eigenvalue weighted by Crippen LogP contribution is 2.09. The van der Waals surface area contributed by atoms with Crippen LogP contribution < -0.4 is 10.1 Å². The van der Waals surface area contributed by atoms with E-state index < -0.39 is 18.1 Å². The van der Waals surface area contributed by atoms with Gasteiger partial charge < -0.3 is 19.5 Å². The number of isocyanates is 1. The van der Waals surface area contributed by atoms with Crippen LogP contribution >= 0.6 is 0 Å². The lowest BCUT2D eigenvalue weighted by molar-refractivity contribution is -0.145. The molecular formula is C17H19N3O6. The number of carbonyl (C=O) groups excluding carboxylic acids is 3. The average molecular weight is 361 g/mol. The van der Waals surface area contributed by atoms with Crippen LogP contribution in [0.3, 0.4) is 0 Å². The van der Waals surface area contributed by atoms with Crippen molar-refractivity contribution < 1.29 is 28.6 Å². The third-order valence-electron chi connectivity index (χ3n) is 3.10. The molecule has 9 nitrogen and oxygen atoms in total. The Balaban J connectivity index is 2.54. The molecule has 0 bridgehead atoms. The predicted molar refractivity (Wildman–Crippen MR) is 88.8 cm³/mol. The zero-order chi connectivity index (χ0) is 19.0. The molecule has 0 saturated carbocycles. The number of ether oxygens (including phenoxy) is 3. The van der Waals surface area contributed by atoms with Crippen LogP contribution in [0.15, 0.2) is 35.3 Å². The van der Waals surface area contributed by atoms with Gasteiger partial charge in [-0.25, -0.2) is 19.4 Å². The Morgan fingerprint density at radius 1 is 1.19 bits per heavy atom. The number of aliphatic imine (C=N–C) groups is 1. The predicted octanol–water partition coefficient (Wildman–Crippen LogP) is 1.69. The van der Waals surface area contributed by atoms with E-state index in [1.54, 1.807) is 36.6 Å². The van der Waals surface area contributed by atoms with Gasteiger partial charge in [0.2, 0.25) is 6.08 Å². The number of unbranched alkanes of at least 4 members (excludes halogenated alkanes) is 1. The zero-order valence-electron chi connectivity index (χ0n) is 14.1. The van der Waals surface area contributed by atoms with E-state index in [2.05, 4.69) is 15.0 Å². The summed E-state index contributed by atoms with van der Waals surface area (Å²) in [5, 5.41) is 10.8. The number of para-hydroxylation sites is 1. The normalized spacial score (nSPS) is 10.6. The monoisotopic (exact) mass is 361 g/mol. The van der Waals surface area contributed by atoms with Gasteiger partial charge in [0.15, 0.2) is 0 Å². The van der Waals surface area contributed by atoms with Gasteiger partial charge in [0, 0.05) is 0 Å². The summed E-state index contributed by atoms with van der Waals surface area (Å²) in [5.41, 5.74) is 0. The van der Waals surface area contributed by atoms with Crippen molar-refractivity contribution in [3.8, 4) is 12.0 Å². The first-order valence-corrected chi connectivity index (χ1v) is 7.92. The summed E-state index contributed by atoms with van der Waals surface area (Å²) in [6, 6.07) is 7.45. The maximum atomic E-state index is 12.1. The fourth-order valence-corrected chi connectivity index (χ4v) is 1.92. The molecule has 0 radical (unpaired) electrons. The number of nitrogens with one attached hydrogen (secondary N) is 1. The van der Waals surface area contributed by atoms with E-state index in [-0.39, 0.29) is 26.2 Å². The van der Waals surface area contributed by atoms with E-state index in [1.807, 2.05) is 0 Å². The van der Waals surface area contributed by atoms with Gasteiger partial charge in [0.05, 0.1) is 6.54 Å². The van der Waals surface area contributed by atoms with Crippen LogP contribution in [0, 0.1) is 11.5 Å². The number of esters is 1. The molecule has 1 aromatic rings. The summed E-state index contributed by atoms with van der Waals surface area (Å²) in [7, 11) is 0. The lowest BCUT2D eigenvalue weighted by Gasteiger charge is -2.17. The number of hydrogen-bond donors (Lipinski definition) is 1. The molecular weight excluding hydrogens is 342 g/mol. The zero-order valence-corrected chi connectivity index (χ0v) is 14.1. The van der Waals surface area contributed by atoms with Crippen LogP contribution in [0.25, 0.3) is 0 Å². The maximum absolute atomic E-state index is 12.1. The smallest absolute Gasteiger partial charge is 0.413 e. The van der Waals surface area contributed by atoms with Gasteiger partial charge in [-0.2, -0.15) is 5.26 Å². The largest absolute Gasteiger partial charge is 0.462 e. The average Bonchev–Trinajstić information content (AvgIpc) is 2.64. The fourth-order valence-electron chi connectivity index (χ4n) is 1.92. The van der Waals surface area contributed by atoms with E-state index in [4.69, 9.17) is 14.7 Å². The Labute approximate surface area is 150 Å². The van der Waals surface area contributed by atoms with Gasteiger partial charge in [-0.05, 0) is 31.4 Å². The van der Waals surface area contributed by atoms with Crippen LogP contribution in [0.5, 0.6) is 5.75 Å². The van der Waals surface area contributed by atoms with Crippen LogP contribution in [0.1, 0.15) is 19.3 Å². The fraction of sp³-hybridized carbons (Fsp3) is 0.412. The quantitative estimate of drug-likeness (QED) is 0.209. The third kappa shape index (κ3) is 9.05. The van der Waals surface area contributed by atoms with E-state index in [0.717, 1.165) is 0 Å². The molecule has 0 aliphatic carbocycles. The summed E-state index contributed by atoms with van der Waals surface area (Å²) < 4.78 is 14.6. The van der Waals surface area contributed by atoms with Crippen molar-refractivity contribution in [3.63, 3.8) is 0 Å². The molecule has 0 aliphatic heterocycles. The van der Waals surface area contributed by atoms with E-state index >= 15 is 0 Å². The Bertz CT molecular complexity index is 652. The van der Waals surface area contributed by atoms with Crippen LogP contribution in [-0.4, -0.2) is 43.9 Å². The van der Waals surface area contributed by atoms with Gasteiger partial charge in [-0.15, -0.1) is 0 Å². The molecule has 0 saturated heterocycles. The highest BCUT2D eigenvalue weighted by atomic mass is 16.6. The highest BCUT2D eigenvalue weighted by Gasteiger charge is 2.23. The van der Waals surface area contributed by atoms with Gasteiger partial charge in [-0.1, -0.05) is 18.2 Å². The molecule has 9 heteroatoms. The summed E-state index contributed by atoms with van der Waals surface area (Å²) in [5.74, 6) is -0.336. The van der Waals surface area contributed by atoms with Gasteiger partial charge in [-0.3, -0.25) is 0 Å². The first-order chi connectivity index (χ1) is 12.7. The van der Waals surface area contributed by atoms with Gasteiger partial charge in [0.25, 0.3) is 6.26 Å². The minimum absolute atomic E-state index is 0.00751. The number of nitrogens with zero attached hydrogens (tertiary/aromatic N) is 2. The lowest BCUT2D eigenvalue weighted by Crippen LogP contribution is -2.43. The molecule has 0 aromatic heterocycles. The van der Waals surface area contributed by atoms with Crippen molar-refractivity contribution in [2.45, 2.75) is 25.3 Å². The molecule has 1 unspecified atom stereocenters. The molecule has 1 atom stereocenters. The Morgan fingerprint density at radius 3 is 2.65 bits per heavy atom. The van der Waals surface area contributed by atoms with Gasteiger partial charge >= 0.3 is 12.1 Å². The number of hydrogen-bond acceptors (Lipinski definition) is 8. The van der Waals surface area contributed by atoms with Crippen molar-refractivity contribution in [1.82, 2.24) is 5.32 Å². The second-order valence-electron chi connectivity index (χ2n) is 4.98.